The maximum atomic E-state index is 12.5. The van der Waals surface area contributed by atoms with E-state index in [0.29, 0.717) is 29.1 Å². The van der Waals surface area contributed by atoms with Crippen molar-refractivity contribution in [3.63, 3.8) is 0 Å². The second-order valence-corrected chi connectivity index (χ2v) is 8.97. The molecule has 7 heteroatoms. The third-order valence-electron chi connectivity index (χ3n) is 6.33. The lowest BCUT2D eigenvalue weighted by atomic mass is 9.75. The average Bonchev–Trinajstić information content (AvgIpc) is 2.91. The predicted octanol–water partition coefficient (Wildman–Crippen LogP) is 4.40. The Morgan fingerprint density at radius 1 is 1.27 bits per heavy atom. The van der Waals surface area contributed by atoms with Gasteiger partial charge in [0.15, 0.2) is 0 Å². The minimum absolute atomic E-state index is 0.167. The van der Waals surface area contributed by atoms with Crippen molar-refractivity contribution in [1.82, 2.24) is 0 Å². The summed E-state index contributed by atoms with van der Waals surface area (Å²) in [6, 6.07) is 4.65. The summed E-state index contributed by atoms with van der Waals surface area (Å²) < 4.78 is 21.1. The third-order valence-corrected chi connectivity index (χ3v) is 6.33. The summed E-state index contributed by atoms with van der Waals surface area (Å²) in [7, 11) is 1.26. The molecule has 1 saturated carbocycles. The summed E-state index contributed by atoms with van der Waals surface area (Å²) in [5.74, 6) is 0.726. The lowest BCUT2D eigenvalue weighted by Gasteiger charge is -2.36. The SMILES string of the molecule is COC(=O)CC1(C)C(=O)Oc2ccc(OC(=O)O[C@@H]3C[C@H](C)CC[C@H]3C(C)C)cc21. The van der Waals surface area contributed by atoms with E-state index in [2.05, 4.69) is 20.8 Å². The molecule has 1 heterocycles. The molecule has 7 nitrogen and oxygen atoms in total. The molecule has 0 aromatic heterocycles. The maximum absolute atomic E-state index is 12.5. The summed E-state index contributed by atoms with van der Waals surface area (Å²) in [6.07, 6.45) is 1.88. The van der Waals surface area contributed by atoms with Gasteiger partial charge in [0, 0.05) is 5.56 Å². The highest BCUT2D eigenvalue weighted by molar-refractivity contribution is 5.94. The van der Waals surface area contributed by atoms with Crippen molar-refractivity contribution in [2.75, 3.05) is 7.11 Å². The van der Waals surface area contributed by atoms with Gasteiger partial charge in [-0.1, -0.05) is 27.2 Å². The van der Waals surface area contributed by atoms with E-state index in [0.717, 1.165) is 19.3 Å². The van der Waals surface area contributed by atoms with E-state index in [1.54, 1.807) is 25.1 Å². The van der Waals surface area contributed by atoms with Crippen molar-refractivity contribution < 1.29 is 33.3 Å². The van der Waals surface area contributed by atoms with Crippen molar-refractivity contribution >= 4 is 18.1 Å². The van der Waals surface area contributed by atoms with E-state index in [4.69, 9.17) is 18.9 Å². The van der Waals surface area contributed by atoms with Gasteiger partial charge in [0.25, 0.3) is 0 Å². The molecular formula is C23H30O7. The number of ether oxygens (including phenoxy) is 4. The molecule has 4 atom stereocenters. The van der Waals surface area contributed by atoms with Crippen LogP contribution in [0.1, 0.15) is 58.9 Å². The van der Waals surface area contributed by atoms with Crippen LogP contribution in [0.3, 0.4) is 0 Å². The quantitative estimate of drug-likeness (QED) is 0.398. The van der Waals surface area contributed by atoms with Gasteiger partial charge < -0.3 is 18.9 Å². The van der Waals surface area contributed by atoms with Crippen molar-refractivity contribution in [2.45, 2.75) is 64.9 Å². The summed E-state index contributed by atoms with van der Waals surface area (Å²) in [5.41, 5.74) is -0.720. The van der Waals surface area contributed by atoms with E-state index in [-0.39, 0.29) is 18.3 Å². The highest BCUT2D eigenvalue weighted by Crippen LogP contribution is 2.44. The number of rotatable bonds is 5. The first-order chi connectivity index (χ1) is 14.1. The van der Waals surface area contributed by atoms with Crippen LogP contribution in [0.25, 0.3) is 0 Å². The highest BCUT2D eigenvalue weighted by Gasteiger charge is 2.47. The van der Waals surface area contributed by atoms with Crippen molar-refractivity contribution in [3.8, 4) is 11.5 Å². The van der Waals surface area contributed by atoms with E-state index in [1.165, 1.54) is 7.11 Å². The molecule has 0 bridgehead atoms. The minimum atomic E-state index is -1.20. The molecule has 0 N–H and O–H groups in total. The Morgan fingerprint density at radius 2 is 2.00 bits per heavy atom. The molecule has 2 aliphatic rings. The Bertz CT molecular complexity index is 831. The van der Waals surface area contributed by atoms with Crippen LogP contribution in [-0.2, 0) is 24.5 Å². The Hall–Kier alpha value is -2.57. The smallest absolute Gasteiger partial charge is 0.469 e. The number of benzene rings is 1. The molecule has 1 aliphatic heterocycles. The van der Waals surface area contributed by atoms with Crippen LogP contribution in [0, 0.1) is 17.8 Å². The molecule has 0 saturated heterocycles. The Morgan fingerprint density at radius 3 is 2.67 bits per heavy atom. The van der Waals surface area contributed by atoms with Gasteiger partial charge in [-0.15, -0.1) is 0 Å². The summed E-state index contributed by atoms with van der Waals surface area (Å²) >= 11 is 0. The van der Waals surface area contributed by atoms with Crippen LogP contribution in [-0.4, -0.2) is 31.3 Å². The Kier molecular flexibility index (Phi) is 6.38. The summed E-state index contributed by atoms with van der Waals surface area (Å²) in [5, 5.41) is 0. The number of hydrogen-bond acceptors (Lipinski definition) is 7. The van der Waals surface area contributed by atoms with Gasteiger partial charge in [-0.05, 0) is 55.7 Å². The monoisotopic (exact) mass is 418 g/mol. The van der Waals surface area contributed by atoms with E-state index < -0.39 is 23.5 Å². The molecule has 1 aliphatic carbocycles. The van der Waals surface area contributed by atoms with Gasteiger partial charge in [0.1, 0.15) is 23.0 Å². The van der Waals surface area contributed by atoms with Crippen LogP contribution >= 0.6 is 0 Å². The topological polar surface area (TPSA) is 88.1 Å². The molecule has 164 valence electrons. The van der Waals surface area contributed by atoms with Crippen LogP contribution in [0.4, 0.5) is 4.79 Å². The lowest BCUT2D eigenvalue weighted by molar-refractivity contribution is -0.148. The van der Waals surface area contributed by atoms with E-state index in [9.17, 15) is 14.4 Å². The van der Waals surface area contributed by atoms with Crippen LogP contribution in [0.2, 0.25) is 0 Å². The molecule has 1 aromatic carbocycles. The van der Waals surface area contributed by atoms with Gasteiger partial charge in [0.2, 0.25) is 0 Å². The molecule has 1 fully saturated rings. The zero-order chi connectivity index (χ0) is 22.1. The number of hydrogen-bond donors (Lipinski definition) is 0. The predicted molar refractivity (Wildman–Crippen MR) is 108 cm³/mol. The number of carbonyl (C=O) groups is 3. The fourth-order valence-corrected chi connectivity index (χ4v) is 4.44. The van der Waals surface area contributed by atoms with E-state index >= 15 is 0 Å². The van der Waals surface area contributed by atoms with Crippen LogP contribution in [0.15, 0.2) is 18.2 Å². The molecule has 1 unspecified atom stereocenters. The second-order valence-electron chi connectivity index (χ2n) is 8.97. The van der Waals surface area contributed by atoms with Crippen molar-refractivity contribution in [2.24, 2.45) is 17.8 Å². The molecule has 3 rings (SSSR count). The average molecular weight is 418 g/mol. The molecule has 0 radical (unpaired) electrons. The number of esters is 2. The summed E-state index contributed by atoms with van der Waals surface area (Å²) in [6.45, 7) is 8.05. The minimum Gasteiger partial charge on any atom is -0.469 e. The first-order valence-corrected chi connectivity index (χ1v) is 10.5. The zero-order valence-corrected chi connectivity index (χ0v) is 18.2. The summed E-state index contributed by atoms with van der Waals surface area (Å²) in [4.78, 5) is 36.6. The Labute approximate surface area is 177 Å². The van der Waals surface area contributed by atoms with Crippen molar-refractivity contribution in [3.05, 3.63) is 23.8 Å². The molecule has 30 heavy (non-hydrogen) atoms. The second kappa shape index (κ2) is 8.66. The standard InChI is InChI=1S/C23H30O7/c1-13(2)16-8-6-14(3)10-19(16)30-22(26)28-15-7-9-18-17(11-15)23(4,21(25)29-18)12-20(24)27-5/h7,9,11,13-14,16,19H,6,8,10,12H2,1-5H3/t14-,16+,19-,23?/m1/s1. The molecular weight excluding hydrogens is 388 g/mol. The highest BCUT2D eigenvalue weighted by atomic mass is 16.7. The van der Waals surface area contributed by atoms with Gasteiger partial charge >= 0.3 is 18.1 Å². The largest absolute Gasteiger partial charge is 0.514 e. The van der Waals surface area contributed by atoms with E-state index in [1.807, 2.05) is 0 Å². The fraction of sp³-hybridized carbons (Fsp3) is 0.609. The molecule has 1 aromatic rings. The van der Waals surface area contributed by atoms with Crippen LogP contribution < -0.4 is 9.47 Å². The maximum Gasteiger partial charge on any atom is 0.514 e. The normalized spacial score (nSPS) is 27.9. The van der Waals surface area contributed by atoms with Gasteiger partial charge in [-0.2, -0.15) is 0 Å². The van der Waals surface area contributed by atoms with Gasteiger partial charge in [0.05, 0.1) is 13.5 Å². The third kappa shape index (κ3) is 4.45. The first kappa shape index (κ1) is 22.1. The van der Waals surface area contributed by atoms with Crippen LogP contribution in [0.5, 0.6) is 11.5 Å². The first-order valence-electron chi connectivity index (χ1n) is 10.5. The molecule has 0 spiro atoms. The molecule has 0 amide bonds. The number of methoxy groups -OCH3 is 1. The van der Waals surface area contributed by atoms with Gasteiger partial charge in [-0.3, -0.25) is 9.59 Å². The number of carbonyl (C=O) groups excluding carboxylic acids is 3. The fourth-order valence-electron chi connectivity index (χ4n) is 4.44. The van der Waals surface area contributed by atoms with Crippen molar-refractivity contribution in [1.29, 1.82) is 0 Å². The lowest BCUT2D eigenvalue weighted by Crippen LogP contribution is -2.36. The number of fused-ring (bicyclic) bond motifs is 1. The Balaban J connectivity index is 1.74. The zero-order valence-electron chi connectivity index (χ0n) is 18.2. The van der Waals surface area contributed by atoms with Gasteiger partial charge in [-0.25, -0.2) is 4.79 Å².